The normalized spacial score (nSPS) is 20.9. The fourth-order valence-electron chi connectivity index (χ4n) is 5.24. The second-order valence-corrected chi connectivity index (χ2v) is 12.1. The van der Waals surface area contributed by atoms with E-state index in [-0.39, 0.29) is 28.7 Å². The Morgan fingerprint density at radius 1 is 1.13 bits per heavy atom. The minimum Gasteiger partial charge on any atom is -0.455 e. The van der Waals surface area contributed by atoms with Crippen molar-refractivity contribution < 1.29 is 33.5 Å². The number of rotatable bonds is 10. The van der Waals surface area contributed by atoms with Gasteiger partial charge < -0.3 is 25.4 Å². The highest BCUT2D eigenvalue weighted by molar-refractivity contribution is 8.00. The van der Waals surface area contributed by atoms with Gasteiger partial charge in [0, 0.05) is 23.6 Å². The van der Waals surface area contributed by atoms with E-state index in [1.807, 2.05) is 60.7 Å². The van der Waals surface area contributed by atoms with Crippen LogP contribution in [0.15, 0.2) is 94.6 Å². The summed E-state index contributed by atoms with van der Waals surface area (Å²) in [6.07, 6.45) is 1.81. The average molecular weight is 646 g/mol. The largest absolute Gasteiger partial charge is 0.455 e. The predicted molar refractivity (Wildman–Crippen MR) is 167 cm³/mol. The maximum absolute atomic E-state index is 14.1. The third-order valence-electron chi connectivity index (χ3n) is 7.28. The number of aromatic nitrogens is 1. The zero-order valence-electron chi connectivity index (χ0n) is 23.8. The molecule has 0 spiro atoms. The first kappa shape index (κ1) is 30.1. The molecule has 3 aromatic rings. The highest BCUT2D eigenvalue weighted by atomic mass is 32.2. The first-order chi connectivity index (χ1) is 21.8. The number of carbonyl (C=O) groups is 4. The molecule has 3 aliphatic rings. The third kappa shape index (κ3) is 6.19. The molecular formula is C31H27N5O7S2. The molecule has 0 bridgehead atoms. The molecule has 1 unspecified atom stereocenters. The number of benzene rings is 2. The van der Waals surface area contributed by atoms with E-state index in [2.05, 4.69) is 15.5 Å². The fraction of sp³-hybridized carbons (Fsp3) is 0.226. The molecular weight excluding hydrogens is 619 g/mol. The van der Waals surface area contributed by atoms with Gasteiger partial charge in [-0.25, -0.2) is 14.6 Å². The minimum atomic E-state index is -0.965. The van der Waals surface area contributed by atoms with Crippen molar-refractivity contribution in [2.45, 2.75) is 30.0 Å². The average Bonchev–Trinajstić information content (AvgIpc) is 3.68. The van der Waals surface area contributed by atoms with Gasteiger partial charge in [-0.15, -0.1) is 23.1 Å². The Morgan fingerprint density at radius 2 is 1.82 bits per heavy atom. The van der Waals surface area contributed by atoms with Crippen molar-refractivity contribution in [1.29, 1.82) is 0 Å². The third-order valence-corrected chi connectivity index (χ3v) is 9.29. The van der Waals surface area contributed by atoms with Crippen LogP contribution in [0.4, 0.5) is 5.13 Å². The van der Waals surface area contributed by atoms with Gasteiger partial charge in [-0.05, 0) is 22.8 Å². The lowest BCUT2D eigenvalue weighted by atomic mass is 9.99. The quantitative estimate of drug-likeness (QED) is 0.145. The van der Waals surface area contributed by atoms with Crippen LogP contribution < -0.4 is 11.1 Å². The van der Waals surface area contributed by atoms with E-state index in [1.54, 1.807) is 11.5 Å². The molecule has 1 fully saturated rings. The summed E-state index contributed by atoms with van der Waals surface area (Å²) < 4.78 is 11.5. The summed E-state index contributed by atoms with van der Waals surface area (Å²) in [6.45, 7) is 0. The van der Waals surface area contributed by atoms with Crippen LogP contribution in [0.1, 0.15) is 29.3 Å². The minimum absolute atomic E-state index is 0.0699. The number of β-lactam (4-membered cyclic amide) rings is 1. The Hall–Kier alpha value is -4.95. The van der Waals surface area contributed by atoms with E-state index in [4.69, 9.17) is 20.0 Å². The van der Waals surface area contributed by atoms with Gasteiger partial charge in [0.15, 0.2) is 16.9 Å². The second kappa shape index (κ2) is 13.0. The number of thiazole rings is 1. The smallest absolute Gasteiger partial charge is 0.356 e. The van der Waals surface area contributed by atoms with Crippen LogP contribution >= 0.6 is 23.1 Å². The lowest BCUT2D eigenvalue weighted by Crippen LogP contribution is -2.71. The number of oxime groups is 1. The van der Waals surface area contributed by atoms with E-state index in [9.17, 15) is 19.2 Å². The number of carbonyl (C=O) groups excluding carboxylic acids is 4. The van der Waals surface area contributed by atoms with E-state index < -0.39 is 47.4 Å². The van der Waals surface area contributed by atoms with Crippen LogP contribution in [0.25, 0.3) is 0 Å². The molecule has 0 aliphatic carbocycles. The van der Waals surface area contributed by atoms with Gasteiger partial charge in [0.2, 0.25) is 0 Å². The predicted octanol–water partition coefficient (Wildman–Crippen LogP) is 2.93. The number of amides is 2. The zero-order valence-corrected chi connectivity index (χ0v) is 25.5. The Bertz CT molecular complexity index is 1680. The lowest BCUT2D eigenvalue weighted by molar-refractivity contribution is -0.154. The van der Waals surface area contributed by atoms with Crippen LogP contribution in [0.2, 0.25) is 0 Å². The van der Waals surface area contributed by atoms with Crippen molar-refractivity contribution in [3.8, 4) is 0 Å². The maximum atomic E-state index is 14.1. The molecule has 1 saturated heterocycles. The van der Waals surface area contributed by atoms with Gasteiger partial charge >= 0.3 is 11.9 Å². The summed E-state index contributed by atoms with van der Waals surface area (Å²) in [5, 5.41) is 7.69. The van der Waals surface area contributed by atoms with Gasteiger partial charge in [0.25, 0.3) is 11.8 Å². The zero-order chi connectivity index (χ0) is 31.5. The van der Waals surface area contributed by atoms with E-state index in [1.165, 1.54) is 29.8 Å². The number of nitrogens with two attached hydrogens (primary N) is 1. The standard InChI is InChI=1S/C31H27N5O7S2/c1-41-35-23(21-16-45-31(32)33-21)27(38)34-24-28(39)36-25(19(15-44-29(24)36)14-20-12-13-22(37)42-20)30(40)43-26(17-8-4-2-5-9-17)18-10-6-3-7-11-18/h2-13,16,20,24,26,29H,14-15H2,1H3,(H2,32,33)(H,34,38)/b35-23-/t20?,24-,29-/m1/s1. The van der Waals surface area contributed by atoms with Crippen LogP contribution in [0.5, 0.6) is 0 Å². The fourth-order valence-corrected chi connectivity index (χ4v) is 7.15. The van der Waals surface area contributed by atoms with Crippen molar-refractivity contribution in [2.75, 3.05) is 18.6 Å². The number of thioether (sulfide) groups is 1. The molecule has 4 heterocycles. The molecule has 14 heteroatoms. The van der Waals surface area contributed by atoms with E-state index in [0.29, 0.717) is 11.3 Å². The molecule has 0 radical (unpaired) electrons. The van der Waals surface area contributed by atoms with Gasteiger partial charge in [0.05, 0.1) is 0 Å². The molecule has 3 N–H and O–H groups in total. The molecule has 3 atom stereocenters. The van der Waals surface area contributed by atoms with Gasteiger partial charge in [-0.2, -0.15) is 0 Å². The van der Waals surface area contributed by atoms with Gasteiger partial charge in [-0.3, -0.25) is 14.5 Å². The van der Waals surface area contributed by atoms with E-state index in [0.717, 1.165) is 22.5 Å². The number of hydrogen-bond donors (Lipinski definition) is 2. The van der Waals surface area contributed by atoms with Crippen molar-refractivity contribution in [3.05, 3.63) is 106 Å². The number of ether oxygens (including phenoxy) is 2. The molecule has 2 amide bonds. The Balaban J connectivity index is 1.29. The molecule has 1 aromatic heterocycles. The number of nitrogen functional groups attached to an aromatic ring is 1. The SMILES string of the molecule is CO/N=C(\C(=O)N[C@@H]1C(=O)N2C(C(=O)OC(c3ccccc3)c3ccccc3)=C(CC3C=CC(=O)O3)CS[C@H]12)c1csc(N)n1. The highest BCUT2D eigenvalue weighted by Crippen LogP contribution is 2.43. The van der Waals surface area contributed by atoms with Gasteiger partial charge in [0.1, 0.15) is 36.0 Å². The summed E-state index contributed by atoms with van der Waals surface area (Å²) in [7, 11) is 1.29. The molecule has 12 nitrogen and oxygen atoms in total. The lowest BCUT2D eigenvalue weighted by Gasteiger charge is -2.50. The number of fused-ring (bicyclic) bond motifs is 1. The number of nitrogens with zero attached hydrogens (tertiary/aromatic N) is 3. The van der Waals surface area contributed by atoms with Crippen molar-refractivity contribution in [3.63, 3.8) is 0 Å². The summed E-state index contributed by atoms with van der Waals surface area (Å²) >= 11 is 2.50. The van der Waals surface area contributed by atoms with Crippen LogP contribution in [0, 0.1) is 0 Å². The van der Waals surface area contributed by atoms with Crippen LogP contribution in [-0.4, -0.2) is 69.7 Å². The first-order valence-corrected chi connectivity index (χ1v) is 15.8. The summed E-state index contributed by atoms with van der Waals surface area (Å²) in [5.74, 6) is -2.04. The molecule has 3 aliphatic heterocycles. The van der Waals surface area contributed by atoms with E-state index >= 15 is 0 Å². The van der Waals surface area contributed by atoms with Crippen LogP contribution in [-0.2, 0) is 33.5 Å². The van der Waals surface area contributed by atoms with Gasteiger partial charge in [-0.1, -0.05) is 65.8 Å². The molecule has 45 heavy (non-hydrogen) atoms. The Labute approximate surface area is 265 Å². The topological polar surface area (TPSA) is 163 Å². The summed E-state index contributed by atoms with van der Waals surface area (Å²) in [6, 6.07) is 17.6. The van der Waals surface area contributed by atoms with Crippen LogP contribution in [0.3, 0.4) is 0 Å². The number of anilines is 1. The number of cyclic esters (lactones) is 1. The number of nitrogens with one attached hydrogen (secondary N) is 1. The van der Waals surface area contributed by atoms with Crippen molar-refractivity contribution in [1.82, 2.24) is 15.2 Å². The maximum Gasteiger partial charge on any atom is 0.356 e. The second-order valence-electron chi connectivity index (χ2n) is 10.2. The number of esters is 2. The summed E-state index contributed by atoms with van der Waals surface area (Å²) in [4.78, 5) is 63.0. The first-order valence-electron chi connectivity index (χ1n) is 13.8. The Kier molecular flexibility index (Phi) is 8.67. The molecule has 0 saturated carbocycles. The molecule has 230 valence electrons. The molecule has 2 aromatic carbocycles. The molecule has 6 rings (SSSR count). The Morgan fingerprint density at radius 3 is 2.40 bits per heavy atom. The monoisotopic (exact) mass is 645 g/mol. The number of hydrogen-bond acceptors (Lipinski definition) is 12. The van der Waals surface area contributed by atoms with Crippen molar-refractivity contribution in [2.24, 2.45) is 5.16 Å². The highest BCUT2D eigenvalue weighted by Gasteiger charge is 2.55. The van der Waals surface area contributed by atoms with Crippen molar-refractivity contribution >= 4 is 57.7 Å². The summed E-state index contributed by atoms with van der Waals surface area (Å²) in [5.41, 5.74) is 7.95.